The van der Waals surface area contributed by atoms with Crippen LogP contribution in [0.5, 0.6) is 5.75 Å². The molecule has 0 aliphatic carbocycles. The van der Waals surface area contributed by atoms with Gasteiger partial charge in [-0.3, -0.25) is 10.1 Å². The molecule has 0 fully saturated rings. The summed E-state index contributed by atoms with van der Waals surface area (Å²) < 4.78 is 4.50. The maximum atomic E-state index is 11.6. The first-order chi connectivity index (χ1) is 9.00. The van der Waals surface area contributed by atoms with Crippen molar-refractivity contribution in [1.29, 1.82) is 0 Å². The van der Waals surface area contributed by atoms with E-state index in [0.29, 0.717) is 0 Å². The zero-order chi connectivity index (χ0) is 13.7. The number of cyclic esters (lactones) is 2. The molecule has 1 heterocycles. The number of carbonyl (C=O) groups is 2. The molecule has 94 valence electrons. The molecule has 0 bridgehead atoms. The number of benzene rings is 2. The number of hydrogen-bond acceptors (Lipinski definition) is 6. The second kappa shape index (κ2) is 3.52. The lowest BCUT2D eigenvalue weighted by Crippen LogP contribution is -2.19. The zero-order valence-electron chi connectivity index (χ0n) is 9.25. The van der Waals surface area contributed by atoms with Gasteiger partial charge >= 0.3 is 17.6 Å². The van der Waals surface area contributed by atoms with Crippen LogP contribution in [0.2, 0.25) is 0 Å². The van der Waals surface area contributed by atoms with Crippen LogP contribution in [0.3, 0.4) is 0 Å². The lowest BCUT2D eigenvalue weighted by Gasteiger charge is -2.15. The van der Waals surface area contributed by atoms with E-state index in [4.69, 9.17) is 0 Å². The van der Waals surface area contributed by atoms with E-state index in [2.05, 4.69) is 4.74 Å². The topological polar surface area (TPSA) is 107 Å². The molecule has 0 saturated heterocycles. The minimum absolute atomic E-state index is 0.0301. The molecule has 1 aliphatic heterocycles. The van der Waals surface area contributed by atoms with Crippen LogP contribution in [-0.4, -0.2) is 22.0 Å². The third-order valence-electron chi connectivity index (χ3n) is 2.92. The number of nitro benzene ring substituents is 1. The summed E-state index contributed by atoms with van der Waals surface area (Å²) in [5.41, 5.74) is -0.536. The first-order valence-electron chi connectivity index (χ1n) is 5.20. The molecule has 0 atom stereocenters. The molecule has 1 N–H and O–H groups in total. The van der Waals surface area contributed by atoms with Gasteiger partial charge in [-0.1, -0.05) is 6.07 Å². The second-order valence-corrected chi connectivity index (χ2v) is 3.95. The van der Waals surface area contributed by atoms with Crippen molar-refractivity contribution in [2.75, 3.05) is 0 Å². The number of aromatic hydroxyl groups is 1. The minimum Gasteiger partial charge on any atom is -0.502 e. The monoisotopic (exact) mass is 259 g/mol. The highest BCUT2D eigenvalue weighted by molar-refractivity contribution is 6.22. The van der Waals surface area contributed by atoms with Crippen molar-refractivity contribution < 1.29 is 24.4 Å². The van der Waals surface area contributed by atoms with E-state index in [1.54, 1.807) is 0 Å². The van der Waals surface area contributed by atoms with Gasteiger partial charge in [0.1, 0.15) is 0 Å². The van der Waals surface area contributed by atoms with Gasteiger partial charge in [-0.2, -0.15) is 0 Å². The predicted molar refractivity (Wildman–Crippen MR) is 62.0 cm³/mol. The Balaban J connectivity index is 2.58. The number of phenols is 1. The number of nitrogens with zero attached hydrogens (tertiary/aromatic N) is 1. The number of rotatable bonds is 1. The van der Waals surface area contributed by atoms with Gasteiger partial charge in [0.05, 0.1) is 21.4 Å². The Labute approximate surface area is 105 Å². The van der Waals surface area contributed by atoms with Crippen LogP contribution in [0.4, 0.5) is 5.69 Å². The normalized spacial score (nSPS) is 13.5. The number of carbonyl (C=O) groups excluding carboxylic acids is 2. The van der Waals surface area contributed by atoms with Crippen LogP contribution in [0.1, 0.15) is 20.7 Å². The highest BCUT2D eigenvalue weighted by atomic mass is 16.6. The maximum absolute atomic E-state index is 11.6. The summed E-state index contributed by atoms with van der Waals surface area (Å²) in [6.07, 6.45) is 0. The highest BCUT2D eigenvalue weighted by Crippen LogP contribution is 2.40. The fourth-order valence-corrected chi connectivity index (χ4v) is 2.17. The third kappa shape index (κ3) is 1.38. The first kappa shape index (κ1) is 11.1. The smallest absolute Gasteiger partial charge is 0.346 e. The zero-order valence-corrected chi connectivity index (χ0v) is 9.25. The lowest BCUT2D eigenvalue weighted by atomic mass is 9.95. The predicted octanol–water partition coefficient (Wildman–Crippen LogP) is 1.76. The summed E-state index contributed by atoms with van der Waals surface area (Å²) >= 11 is 0. The molecule has 0 spiro atoms. The van der Waals surface area contributed by atoms with Crippen LogP contribution in [0.25, 0.3) is 10.8 Å². The number of phenolic OH excluding ortho intramolecular Hbond substituents is 1. The Morgan fingerprint density at radius 2 is 1.84 bits per heavy atom. The summed E-state index contributed by atoms with van der Waals surface area (Å²) in [5.74, 6) is -2.43. The number of nitro groups is 1. The van der Waals surface area contributed by atoms with Gasteiger partial charge in [0.2, 0.25) is 0 Å². The SMILES string of the molecule is O=C1OC(=O)c2cc(O)c([N+](=O)[O-])c3cccc1c23. The standard InChI is InChI=1S/C12H5NO6/c14-8-4-7-9-5(10(8)13(17)18)2-1-3-6(9)11(15)19-12(7)16/h1-4,14H. The molecular weight excluding hydrogens is 254 g/mol. The van der Waals surface area contributed by atoms with Crippen molar-refractivity contribution in [3.05, 3.63) is 45.5 Å². The number of ether oxygens (including phenoxy) is 1. The largest absolute Gasteiger partial charge is 0.502 e. The van der Waals surface area contributed by atoms with Crippen molar-refractivity contribution in [3.63, 3.8) is 0 Å². The molecule has 2 aromatic rings. The van der Waals surface area contributed by atoms with Crippen LogP contribution < -0.4 is 0 Å². The molecule has 0 radical (unpaired) electrons. The van der Waals surface area contributed by atoms with Gasteiger partial charge in [0, 0.05) is 11.5 Å². The molecule has 7 nitrogen and oxygen atoms in total. The lowest BCUT2D eigenvalue weighted by molar-refractivity contribution is -0.384. The van der Waals surface area contributed by atoms with Crippen molar-refractivity contribution in [1.82, 2.24) is 0 Å². The van der Waals surface area contributed by atoms with Crippen LogP contribution in [-0.2, 0) is 4.74 Å². The van der Waals surface area contributed by atoms with E-state index in [9.17, 15) is 24.8 Å². The summed E-state index contributed by atoms with van der Waals surface area (Å²) in [7, 11) is 0. The van der Waals surface area contributed by atoms with E-state index in [0.717, 1.165) is 6.07 Å². The number of esters is 2. The fraction of sp³-hybridized carbons (Fsp3) is 0. The van der Waals surface area contributed by atoms with Crippen molar-refractivity contribution in [2.45, 2.75) is 0 Å². The average Bonchev–Trinajstić information content (AvgIpc) is 2.34. The van der Waals surface area contributed by atoms with Gasteiger partial charge in [-0.15, -0.1) is 0 Å². The van der Waals surface area contributed by atoms with Gasteiger partial charge in [0.15, 0.2) is 5.75 Å². The maximum Gasteiger partial charge on any atom is 0.346 e. The molecule has 2 aromatic carbocycles. The van der Waals surface area contributed by atoms with Crippen LogP contribution in [0, 0.1) is 10.1 Å². The minimum atomic E-state index is -0.932. The van der Waals surface area contributed by atoms with E-state index < -0.39 is 28.3 Å². The average molecular weight is 259 g/mol. The van der Waals surface area contributed by atoms with E-state index >= 15 is 0 Å². The second-order valence-electron chi connectivity index (χ2n) is 3.95. The fourth-order valence-electron chi connectivity index (χ4n) is 2.17. The molecule has 0 amide bonds. The number of hydrogen-bond donors (Lipinski definition) is 1. The first-order valence-corrected chi connectivity index (χ1v) is 5.20. The molecule has 0 unspecified atom stereocenters. The van der Waals surface area contributed by atoms with Crippen LogP contribution in [0.15, 0.2) is 24.3 Å². The summed E-state index contributed by atoms with van der Waals surface area (Å²) in [6, 6.07) is 5.14. The van der Waals surface area contributed by atoms with Crippen molar-refractivity contribution in [3.8, 4) is 5.75 Å². The summed E-state index contributed by atoms with van der Waals surface area (Å²) in [4.78, 5) is 33.4. The molecular formula is C12H5NO6. The van der Waals surface area contributed by atoms with Crippen LogP contribution >= 0.6 is 0 Å². The molecule has 1 aliphatic rings. The van der Waals surface area contributed by atoms with E-state index in [1.165, 1.54) is 18.2 Å². The van der Waals surface area contributed by atoms with Crippen molar-refractivity contribution in [2.24, 2.45) is 0 Å². The summed E-state index contributed by atoms with van der Waals surface area (Å²) in [5, 5.41) is 20.8. The van der Waals surface area contributed by atoms with Gasteiger partial charge in [-0.05, 0) is 12.1 Å². The van der Waals surface area contributed by atoms with Gasteiger partial charge < -0.3 is 9.84 Å². The Kier molecular flexibility index (Phi) is 2.06. The highest BCUT2D eigenvalue weighted by Gasteiger charge is 2.32. The van der Waals surface area contributed by atoms with E-state index in [-0.39, 0.29) is 21.9 Å². The molecule has 3 rings (SSSR count). The van der Waals surface area contributed by atoms with Gasteiger partial charge in [0.25, 0.3) is 0 Å². The molecule has 0 aromatic heterocycles. The Morgan fingerprint density at radius 1 is 1.16 bits per heavy atom. The molecule has 19 heavy (non-hydrogen) atoms. The van der Waals surface area contributed by atoms with Crippen molar-refractivity contribution >= 4 is 28.4 Å². The van der Waals surface area contributed by atoms with Gasteiger partial charge in [-0.25, -0.2) is 9.59 Å². The third-order valence-corrected chi connectivity index (χ3v) is 2.92. The van der Waals surface area contributed by atoms with E-state index in [1.807, 2.05) is 0 Å². The molecule has 7 heteroatoms. The Morgan fingerprint density at radius 3 is 2.53 bits per heavy atom. The summed E-state index contributed by atoms with van der Waals surface area (Å²) in [6.45, 7) is 0. The quantitative estimate of drug-likeness (QED) is 0.362. The Hall–Kier alpha value is -2.96. The molecule has 0 saturated carbocycles. The Bertz CT molecular complexity index is 779.